The molecule has 2 aromatic carbocycles. The van der Waals surface area contributed by atoms with E-state index in [1.165, 1.54) is 29.2 Å². The molecule has 25 heavy (non-hydrogen) atoms. The molecule has 2 amide bonds. The number of amides is 2. The van der Waals surface area contributed by atoms with E-state index in [2.05, 4.69) is 5.32 Å². The molecular formula is C18H15FN2O4. The van der Waals surface area contributed by atoms with Gasteiger partial charge in [-0.3, -0.25) is 9.59 Å². The van der Waals surface area contributed by atoms with Crippen molar-refractivity contribution in [1.29, 1.82) is 0 Å². The minimum atomic E-state index is -0.799. The molecule has 1 unspecified atom stereocenters. The number of nitrogens with zero attached hydrogens (tertiary/aromatic N) is 1. The number of piperazine rings is 1. The van der Waals surface area contributed by atoms with Crippen LogP contribution in [0.3, 0.4) is 0 Å². The summed E-state index contributed by atoms with van der Waals surface area (Å²) in [6.07, 6.45) is 0. The molecule has 4 rings (SSSR count). The van der Waals surface area contributed by atoms with E-state index in [1.54, 1.807) is 18.2 Å². The van der Waals surface area contributed by atoms with Crippen LogP contribution in [0.25, 0.3) is 0 Å². The predicted molar refractivity (Wildman–Crippen MR) is 85.8 cm³/mol. The van der Waals surface area contributed by atoms with Gasteiger partial charge in [-0.25, -0.2) is 4.39 Å². The Labute approximate surface area is 143 Å². The van der Waals surface area contributed by atoms with Crippen LogP contribution in [-0.4, -0.2) is 36.6 Å². The van der Waals surface area contributed by atoms with Gasteiger partial charge in [-0.1, -0.05) is 12.1 Å². The maximum atomic E-state index is 13.2. The fourth-order valence-electron chi connectivity index (χ4n) is 3.06. The van der Waals surface area contributed by atoms with Crippen LogP contribution in [0, 0.1) is 5.82 Å². The highest BCUT2D eigenvalue weighted by atomic mass is 19.1. The minimum Gasteiger partial charge on any atom is -0.454 e. The lowest BCUT2D eigenvalue weighted by Gasteiger charge is -2.35. The Kier molecular flexibility index (Phi) is 3.76. The largest absolute Gasteiger partial charge is 0.454 e. The number of rotatable bonds is 2. The van der Waals surface area contributed by atoms with Crippen LogP contribution in [0.5, 0.6) is 11.5 Å². The zero-order valence-corrected chi connectivity index (χ0v) is 13.2. The van der Waals surface area contributed by atoms with Gasteiger partial charge in [0.2, 0.25) is 12.7 Å². The summed E-state index contributed by atoms with van der Waals surface area (Å²) in [4.78, 5) is 26.8. The molecule has 0 saturated carbocycles. The van der Waals surface area contributed by atoms with Crippen molar-refractivity contribution >= 4 is 11.8 Å². The summed E-state index contributed by atoms with van der Waals surface area (Å²) in [5.74, 6) is 0.122. The molecule has 2 aliphatic heterocycles. The molecule has 2 aliphatic rings. The monoisotopic (exact) mass is 342 g/mol. The lowest BCUT2D eigenvalue weighted by Crippen LogP contribution is -2.52. The first kappa shape index (κ1) is 15.4. The van der Waals surface area contributed by atoms with Crippen molar-refractivity contribution in [3.8, 4) is 11.5 Å². The highest BCUT2D eigenvalue weighted by molar-refractivity contribution is 5.99. The van der Waals surface area contributed by atoms with Crippen molar-refractivity contribution < 1.29 is 23.5 Å². The Morgan fingerprint density at radius 3 is 2.68 bits per heavy atom. The molecule has 1 fully saturated rings. The second kappa shape index (κ2) is 6.08. The van der Waals surface area contributed by atoms with Crippen molar-refractivity contribution in [1.82, 2.24) is 10.2 Å². The highest BCUT2D eigenvalue weighted by Crippen LogP contribution is 2.34. The van der Waals surface area contributed by atoms with E-state index in [4.69, 9.17) is 9.47 Å². The summed E-state index contributed by atoms with van der Waals surface area (Å²) < 4.78 is 23.8. The average Bonchev–Trinajstić information content (AvgIpc) is 3.09. The minimum absolute atomic E-state index is 0.122. The van der Waals surface area contributed by atoms with Crippen molar-refractivity contribution in [2.45, 2.75) is 6.04 Å². The molecule has 0 radical (unpaired) electrons. The van der Waals surface area contributed by atoms with E-state index in [0.29, 0.717) is 35.7 Å². The number of ether oxygens (including phenoxy) is 2. The second-order valence-corrected chi connectivity index (χ2v) is 5.81. The van der Waals surface area contributed by atoms with Crippen LogP contribution in [0.1, 0.15) is 22.0 Å². The molecule has 128 valence electrons. The number of benzene rings is 2. The van der Waals surface area contributed by atoms with Gasteiger partial charge in [0.1, 0.15) is 11.9 Å². The van der Waals surface area contributed by atoms with E-state index < -0.39 is 11.9 Å². The summed E-state index contributed by atoms with van der Waals surface area (Å²) in [5.41, 5.74) is 0.971. The molecule has 1 atom stereocenters. The normalized spacial score (nSPS) is 18.8. The molecule has 0 aliphatic carbocycles. The van der Waals surface area contributed by atoms with Gasteiger partial charge in [0.15, 0.2) is 11.5 Å². The summed E-state index contributed by atoms with van der Waals surface area (Å²) in [6.45, 7) is 0.852. The molecule has 2 heterocycles. The third-order valence-corrected chi connectivity index (χ3v) is 4.28. The number of nitrogens with one attached hydrogen (secondary N) is 1. The number of halogens is 1. The predicted octanol–water partition coefficient (Wildman–Crippen LogP) is 1.87. The van der Waals surface area contributed by atoms with E-state index in [1.807, 2.05) is 0 Å². The van der Waals surface area contributed by atoms with Crippen molar-refractivity contribution in [2.24, 2.45) is 0 Å². The molecule has 2 aromatic rings. The number of hydrogen-bond acceptors (Lipinski definition) is 4. The summed E-state index contributed by atoms with van der Waals surface area (Å²) in [6, 6.07) is 9.72. The highest BCUT2D eigenvalue weighted by Gasteiger charge is 2.35. The fourth-order valence-corrected chi connectivity index (χ4v) is 3.06. The fraction of sp³-hybridized carbons (Fsp3) is 0.222. The Balaban J connectivity index is 1.67. The van der Waals surface area contributed by atoms with Gasteiger partial charge in [0.25, 0.3) is 5.91 Å². The Bertz CT molecular complexity index is 837. The standard InChI is InChI=1S/C18H15FN2O4/c19-13-4-1-11(2-5-13)16-17(22)20-7-8-21(16)18(23)12-3-6-14-15(9-12)25-10-24-14/h1-6,9,16H,7-8,10H2,(H,20,22). The number of carbonyl (C=O) groups is 2. The molecule has 0 bridgehead atoms. The second-order valence-electron chi connectivity index (χ2n) is 5.81. The molecule has 0 spiro atoms. The lowest BCUT2D eigenvalue weighted by atomic mass is 10.0. The van der Waals surface area contributed by atoms with Crippen molar-refractivity contribution in [2.75, 3.05) is 19.9 Å². The van der Waals surface area contributed by atoms with Crippen LogP contribution in [-0.2, 0) is 4.79 Å². The quantitative estimate of drug-likeness (QED) is 0.905. The van der Waals surface area contributed by atoms with Gasteiger partial charge in [-0.2, -0.15) is 0 Å². The average molecular weight is 342 g/mol. The van der Waals surface area contributed by atoms with Gasteiger partial charge >= 0.3 is 0 Å². The Morgan fingerprint density at radius 1 is 1.12 bits per heavy atom. The van der Waals surface area contributed by atoms with E-state index in [9.17, 15) is 14.0 Å². The molecule has 1 saturated heterocycles. The van der Waals surface area contributed by atoms with Gasteiger partial charge in [0, 0.05) is 18.7 Å². The maximum absolute atomic E-state index is 13.2. The first-order valence-corrected chi connectivity index (χ1v) is 7.87. The zero-order chi connectivity index (χ0) is 17.4. The van der Waals surface area contributed by atoms with Crippen molar-refractivity contribution in [3.05, 3.63) is 59.4 Å². The first-order chi connectivity index (χ1) is 12.1. The van der Waals surface area contributed by atoms with Gasteiger partial charge in [-0.05, 0) is 35.9 Å². The van der Waals surface area contributed by atoms with Crippen LogP contribution in [0.4, 0.5) is 4.39 Å². The summed E-state index contributed by atoms with van der Waals surface area (Å²) >= 11 is 0. The van der Waals surface area contributed by atoms with Crippen LogP contribution in [0.15, 0.2) is 42.5 Å². The zero-order valence-electron chi connectivity index (χ0n) is 13.2. The van der Waals surface area contributed by atoms with Gasteiger partial charge in [0.05, 0.1) is 0 Å². The molecule has 7 heteroatoms. The van der Waals surface area contributed by atoms with E-state index in [0.717, 1.165) is 0 Å². The number of hydrogen-bond donors (Lipinski definition) is 1. The Morgan fingerprint density at radius 2 is 1.88 bits per heavy atom. The summed E-state index contributed by atoms with van der Waals surface area (Å²) in [7, 11) is 0. The Hall–Kier alpha value is -3.09. The van der Waals surface area contributed by atoms with Gasteiger partial charge in [-0.15, -0.1) is 0 Å². The van der Waals surface area contributed by atoms with E-state index >= 15 is 0 Å². The molecular weight excluding hydrogens is 327 g/mol. The molecule has 6 nitrogen and oxygen atoms in total. The lowest BCUT2D eigenvalue weighted by molar-refractivity contribution is -0.128. The number of carbonyl (C=O) groups excluding carboxylic acids is 2. The first-order valence-electron chi connectivity index (χ1n) is 7.87. The van der Waals surface area contributed by atoms with Gasteiger partial charge < -0.3 is 19.7 Å². The summed E-state index contributed by atoms with van der Waals surface area (Å²) in [5, 5.41) is 2.75. The topological polar surface area (TPSA) is 67.9 Å². The van der Waals surface area contributed by atoms with E-state index in [-0.39, 0.29) is 18.6 Å². The SMILES string of the molecule is O=C1NCCN(C(=O)c2ccc3c(c2)OCO3)C1c1ccc(F)cc1. The maximum Gasteiger partial charge on any atom is 0.255 e. The van der Waals surface area contributed by atoms with Crippen molar-refractivity contribution in [3.63, 3.8) is 0 Å². The molecule has 0 aromatic heterocycles. The third-order valence-electron chi connectivity index (χ3n) is 4.28. The molecule has 1 N–H and O–H groups in total. The third kappa shape index (κ3) is 2.77. The van der Waals surface area contributed by atoms with Crippen LogP contribution < -0.4 is 14.8 Å². The van der Waals surface area contributed by atoms with Crippen LogP contribution in [0.2, 0.25) is 0 Å². The van der Waals surface area contributed by atoms with Crippen LogP contribution >= 0.6 is 0 Å². The number of fused-ring (bicyclic) bond motifs is 1. The smallest absolute Gasteiger partial charge is 0.255 e.